The maximum Gasteiger partial charge on any atom is 0.257 e. The minimum absolute atomic E-state index is 0.129. The summed E-state index contributed by atoms with van der Waals surface area (Å²) in [5.74, 6) is -0.129. The van der Waals surface area contributed by atoms with E-state index in [1.54, 1.807) is 17.4 Å². The molecule has 2 aromatic heterocycles. The topological polar surface area (TPSA) is 42.0 Å². The third-order valence-electron chi connectivity index (χ3n) is 2.59. The standard InChI is InChI=1S/C14H9IN2OS2/c15-10-4-1-3-9(7-10)13(18)17-14-16-11(8-20-14)12-5-2-6-19-12/h1-8H,(H,16,17,18). The third-order valence-corrected chi connectivity index (χ3v) is 4.91. The van der Waals surface area contributed by atoms with Gasteiger partial charge in [0.15, 0.2) is 5.13 Å². The summed E-state index contributed by atoms with van der Waals surface area (Å²) in [4.78, 5) is 17.7. The van der Waals surface area contributed by atoms with E-state index in [1.165, 1.54) is 11.3 Å². The van der Waals surface area contributed by atoms with Crippen LogP contribution in [-0.4, -0.2) is 10.9 Å². The Bertz CT molecular complexity index is 737. The van der Waals surface area contributed by atoms with Crippen LogP contribution in [0.1, 0.15) is 10.4 Å². The molecule has 0 radical (unpaired) electrons. The Morgan fingerprint density at radius 2 is 2.10 bits per heavy atom. The summed E-state index contributed by atoms with van der Waals surface area (Å²) in [5, 5.41) is 7.43. The summed E-state index contributed by atoms with van der Waals surface area (Å²) in [6, 6.07) is 11.5. The predicted molar refractivity (Wildman–Crippen MR) is 92.5 cm³/mol. The molecule has 0 bridgehead atoms. The van der Waals surface area contributed by atoms with Crippen molar-refractivity contribution in [2.75, 3.05) is 5.32 Å². The minimum Gasteiger partial charge on any atom is -0.298 e. The van der Waals surface area contributed by atoms with E-state index >= 15 is 0 Å². The van der Waals surface area contributed by atoms with Crippen LogP contribution in [0.25, 0.3) is 10.6 Å². The second kappa shape index (κ2) is 6.02. The smallest absolute Gasteiger partial charge is 0.257 e. The van der Waals surface area contributed by atoms with Gasteiger partial charge in [-0.2, -0.15) is 0 Å². The van der Waals surface area contributed by atoms with Crippen molar-refractivity contribution in [2.24, 2.45) is 0 Å². The van der Waals surface area contributed by atoms with E-state index in [9.17, 15) is 4.79 Å². The largest absolute Gasteiger partial charge is 0.298 e. The zero-order valence-corrected chi connectivity index (χ0v) is 14.0. The van der Waals surface area contributed by atoms with Gasteiger partial charge in [-0.1, -0.05) is 12.1 Å². The predicted octanol–water partition coefficient (Wildman–Crippen LogP) is 4.73. The van der Waals surface area contributed by atoms with Crippen LogP contribution in [0.5, 0.6) is 0 Å². The Morgan fingerprint density at radius 1 is 1.20 bits per heavy atom. The van der Waals surface area contributed by atoms with Crippen LogP contribution in [0.15, 0.2) is 47.2 Å². The van der Waals surface area contributed by atoms with Crippen LogP contribution in [0.4, 0.5) is 5.13 Å². The molecule has 0 fully saturated rings. The zero-order chi connectivity index (χ0) is 13.9. The Morgan fingerprint density at radius 3 is 2.85 bits per heavy atom. The van der Waals surface area contributed by atoms with Crippen molar-refractivity contribution in [2.45, 2.75) is 0 Å². The highest BCUT2D eigenvalue weighted by Crippen LogP contribution is 2.28. The van der Waals surface area contributed by atoms with Gasteiger partial charge in [-0.3, -0.25) is 10.1 Å². The summed E-state index contributed by atoms with van der Waals surface area (Å²) in [7, 11) is 0. The number of halogens is 1. The second-order valence-electron chi connectivity index (χ2n) is 3.98. The Balaban J connectivity index is 1.77. The molecule has 3 nitrogen and oxygen atoms in total. The average Bonchev–Trinajstić information content (AvgIpc) is 3.08. The number of nitrogens with one attached hydrogen (secondary N) is 1. The number of thiazole rings is 1. The molecule has 0 spiro atoms. The summed E-state index contributed by atoms with van der Waals surface area (Å²) in [6.07, 6.45) is 0. The molecule has 3 aromatic rings. The van der Waals surface area contributed by atoms with Gasteiger partial charge in [0, 0.05) is 14.5 Å². The summed E-state index contributed by atoms with van der Waals surface area (Å²) >= 11 is 5.26. The van der Waals surface area contributed by atoms with E-state index in [4.69, 9.17) is 0 Å². The summed E-state index contributed by atoms with van der Waals surface area (Å²) < 4.78 is 1.04. The molecule has 0 saturated carbocycles. The SMILES string of the molecule is O=C(Nc1nc(-c2cccs2)cs1)c1cccc(I)c1. The van der Waals surface area contributed by atoms with Crippen LogP contribution in [0.3, 0.4) is 0 Å². The van der Waals surface area contributed by atoms with E-state index in [0.717, 1.165) is 14.1 Å². The molecule has 1 aromatic carbocycles. The molecule has 1 amide bonds. The van der Waals surface area contributed by atoms with Crippen molar-refractivity contribution in [1.29, 1.82) is 0 Å². The first-order chi connectivity index (χ1) is 9.72. The van der Waals surface area contributed by atoms with Gasteiger partial charge in [-0.15, -0.1) is 22.7 Å². The summed E-state index contributed by atoms with van der Waals surface area (Å²) in [5.41, 5.74) is 1.55. The fraction of sp³-hybridized carbons (Fsp3) is 0. The van der Waals surface area contributed by atoms with Gasteiger partial charge in [0.25, 0.3) is 5.91 Å². The van der Waals surface area contributed by atoms with E-state index < -0.39 is 0 Å². The van der Waals surface area contributed by atoms with Crippen LogP contribution in [0.2, 0.25) is 0 Å². The van der Waals surface area contributed by atoms with Crippen molar-refractivity contribution in [3.8, 4) is 10.6 Å². The molecule has 0 saturated heterocycles. The monoisotopic (exact) mass is 412 g/mol. The van der Waals surface area contributed by atoms with Gasteiger partial charge >= 0.3 is 0 Å². The lowest BCUT2D eigenvalue weighted by Crippen LogP contribution is -2.11. The fourth-order valence-electron chi connectivity index (χ4n) is 1.67. The number of thiophene rings is 1. The molecule has 0 unspecified atom stereocenters. The lowest BCUT2D eigenvalue weighted by molar-refractivity contribution is 0.102. The molecule has 6 heteroatoms. The van der Waals surface area contributed by atoms with E-state index in [0.29, 0.717) is 10.7 Å². The highest BCUT2D eigenvalue weighted by atomic mass is 127. The lowest BCUT2D eigenvalue weighted by Gasteiger charge is -2.01. The molecule has 20 heavy (non-hydrogen) atoms. The molecule has 0 aliphatic heterocycles. The van der Waals surface area contributed by atoms with Crippen molar-refractivity contribution in [3.05, 3.63) is 56.3 Å². The first kappa shape index (κ1) is 13.7. The number of carbonyl (C=O) groups excluding carboxylic acids is 1. The Labute approximate surface area is 137 Å². The third kappa shape index (κ3) is 3.08. The Hall–Kier alpha value is -1.25. The maximum atomic E-state index is 12.1. The van der Waals surface area contributed by atoms with Crippen molar-refractivity contribution < 1.29 is 4.79 Å². The van der Waals surface area contributed by atoms with E-state index in [1.807, 2.05) is 41.1 Å². The van der Waals surface area contributed by atoms with Crippen LogP contribution in [-0.2, 0) is 0 Å². The van der Waals surface area contributed by atoms with Gasteiger partial charge in [0.1, 0.15) is 0 Å². The molecule has 2 heterocycles. The number of hydrogen-bond donors (Lipinski definition) is 1. The maximum absolute atomic E-state index is 12.1. The molecule has 0 aliphatic rings. The van der Waals surface area contributed by atoms with Gasteiger partial charge in [0.05, 0.1) is 10.6 Å². The number of aromatic nitrogens is 1. The number of hydrogen-bond acceptors (Lipinski definition) is 4. The van der Waals surface area contributed by atoms with Gasteiger partial charge in [0.2, 0.25) is 0 Å². The second-order valence-corrected chi connectivity index (χ2v) is 7.03. The quantitative estimate of drug-likeness (QED) is 0.633. The first-order valence-corrected chi connectivity index (χ1v) is 8.62. The number of nitrogens with zero attached hydrogens (tertiary/aromatic N) is 1. The molecular weight excluding hydrogens is 403 g/mol. The van der Waals surface area contributed by atoms with E-state index in [2.05, 4.69) is 32.9 Å². The molecule has 0 aliphatic carbocycles. The summed E-state index contributed by atoms with van der Waals surface area (Å²) in [6.45, 7) is 0. The van der Waals surface area contributed by atoms with Gasteiger partial charge in [-0.05, 0) is 52.2 Å². The Kier molecular flexibility index (Phi) is 4.13. The van der Waals surface area contributed by atoms with Crippen LogP contribution in [0, 0.1) is 3.57 Å². The highest BCUT2D eigenvalue weighted by molar-refractivity contribution is 14.1. The number of carbonyl (C=O) groups is 1. The van der Waals surface area contributed by atoms with Crippen LogP contribution < -0.4 is 5.32 Å². The number of rotatable bonds is 3. The lowest BCUT2D eigenvalue weighted by atomic mass is 10.2. The number of anilines is 1. The minimum atomic E-state index is -0.129. The number of amides is 1. The highest BCUT2D eigenvalue weighted by Gasteiger charge is 2.10. The normalized spacial score (nSPS) is 10.4. The first-order valence-electron chi connectivity index (χ1n) is 5.79. The molecule has 100 valence electrons. The van der Waals surface area contributed by atoms with Crippen molar-refractivity contribution in [1.82, 2.24) is 4.98 Å². The molecular formula is C14H9IN2OS2. The molecule has 3 rings (SSSR count). The molecule has 1 N–H and O–H groups in total. The van der Waals surface area contributed by atoms with E-state index in [-0.39, 0.29) is 5.91 Å². The van der Waals surface area contributed by atoms with Crippen molar-refractivity contribution in [3.63, 3.8) is 0 Å². The molecule has 0 atom stereocenters. The average molecular weight is 412 g/mol. The van der Waals surface area contributed by atoms with Gasteiger partial charge < -0.3 is 0 Å². The van der Waals surface area contributed by atoms with Crippen LogP contribution >= 0.6 is 45.3 Å². The number of benzene rings is 1. The van der Waals surface area contributed by atoms with Crippen molar-refractivity contribution >= 4 is 56.3 Å². The zero-order valence-electron chi connectivity index (χ0n) is 10.2. The fourth-order valence-corrected chi connectivity index (χ4v) is 3.68. The van der Waals surface area contributed by atoms with Gasteiger partial charge in [-0.25, -0.2) is 4.98 Å².